The Balaban J connectivity index is 2.29. The summed E-state index contributed by atoms with van der Waals surface area (Å²) >= 11 is 3.54. The lowest BCUT2D eigenvalue weighted by Crippen LogP contribution is -1.96. The Kier molecular flexibility index (Phi) is 3.26. The molecule has 0 aliphatic heterocycles. The number of aryl methyl sites for hydroxylation is 2. The number of benzene rings is 1. The van der Waals surface area contributed by atoms with E-state index in [1.54, 1.807) is 0 Å². The van der Waals surface area contributed by atoms with Crippen LogP contribution in [0.5, 0.6) is 0 Å². The number of pyridine rings is 1. The molecule has 2 heterocycles. The fraction of sp³-hybridized carbons (Fsp3) is 0.188. The Morgan fingerprint density at radius 3 is 2.80 bits per heavy atom. The second-order valence-electron chi connectivity index (χ2n) is 4.89. The fourth-order valence-electron chi connectivity index (χ4n) is 2.44. The molecule has 0 bridgehead atoms. The largest absolute Gasteiger partial charge is 0.383 e. The van der Waals surface area contributed by atoms with Gasteiger partial charge in [0.2, 0.25) is 0 Å². The van der Waals surface area contributed by atoms with Gasteiger partial charge in [-0.05, 0) is 46.5 Å². The molecule has 0 unspecified atom stereocenters. The summed E-state index contributed by atoms with van der Waals surface area (Å²) in [5.74, 6) is 0.682. The van der Waals surface area contributed by atoms with Crippen LogP contribution in [0.25, 0.3) is 16.9 Å². The third kappa shape index (κ3) is 2.00. The Morgan fingerprint density at radius 2 is 2.05 bits per heavy atom. The minimum absolute atomic E-state index is 0.682. The van der Waals surface area contributed by atoms with E-state index < -0.39 is 0 Å². The van der Waals surface area contributed by atoms with Crippen LogP contribution in [-0.2, 0) is 6.42 Å². The summed E-state index contributed by atoms with van der Waals surface area (Å²) in [5.41, 5.74) is 11.6. The smallest absolute Gasteiger partial charge is 0.139 e. The number of rotatable bonds is 2. The van der Waals surface area contributed by atoms with E-state index in [1.807, 2.05) is 22.7 Å². The maximum Gasteiger partial charge on any atom is 0.139 e. The van der Waals surface area contributed by atoms with E-state index in [2.05, 4.69) is 48.0 Å². The van der Waals surface area contributed by atoms with Crippen LogP contribution in [0.2, 0.25) is 0 Å². The van der Waals surface area contributed by atoms with Crippen molar-refractivity contribution in [2.45, 2.75) is 20.3 Å². The topological polar surface area (TPSA) is 43.3 Å². The number of imidazole rings is 1. The maximum atomic E-state index is 6.29. The number of nitrogens with two attached hydrogens (primary N) is 1. The average molecular weight is 330 g/mol. The zero-order chi connectivity index (χ0) is 14.3. The second kappa shape index (κ2) is 4.94. The number of fused-ring (bicyclic) bond motifs is 1. The normalized spacial score (nSPS) is 11.2. The Hall–Kier alpha value is -1.81. The first-order valence-electron chi connectivity index (χ1n) is 6.63. The Morgan fingerprint density at radius 1 is 1.30 bits per heavy atom. The molecule has 0 radical (unpaired) electrons. The van der Waals surface area contributed by atoms with Gasteiger partial charge in [-0.1, -0.05) is 31.2 Å². The number of nitrogen functional groups attached to an aromatic ring is 1. The quantitative estimate of drug-likeness (QED) is 0.765. The van der Waals surface area contributed by atoms with Gasteiger partial charge in [-0.3, -0.25) is 4.40 Å². The van der Waals surface area contributed by atoms with Gasteiger partial charge in [-0.25, -0.2) is 4.98 Å². The standard InChI is InChI=1S/C16H16BrN3/c1-3-11-6-4-5-7-12(11)15-16(18)20-9-13(17)10(2)8-14(20)19-15/h4-9H,3,18H2,1-2H3. The van der Waals surface area contributed by atoms with Crippen molar-refractivity contribution >= 4 is 27.4 Å². The highest BCUT2D eigenvalue weighted by Crippen LogP contribution is 2.31. The van der Waals surface area contributed by atoms with Crippen molar-refractivity contribution in [1.29, 1.82) is 0 Å². The number of hydrogen-bond donors (Lipinski definition) is 1. The van der Waals surface area contributed by atoms with Crippen LogP contribution in [0.4, 0.5) is 5.82 Å². The van der Waals surface area contributed by atoms with Crippen LogP contribution in [-0.4, -0.2) is 9.38 Å². The van der Waals surface area contributed by atoms with Crippen molar-refractivity contribution in [3.8, 4) is 11.3 Å². The fourth-order valence-corrected chi connectivity index (χ4v) is 2.76. The summed E-state index contributed by atoms with van der Waals surface area (Å²) in [6, 6.07) is 10.3. The molecule has 0 saturated carbocycles. The molecule has 0 aliphatic carbocycles. The molecule has 0 amide bonds. The van der Waals surface area contributed by atoms with E-state index in [0.717, 1.165) is 33.4 Å². The predicted molar refractivity (Wildman–Crippen MR) is 86.9 cm³/mol. The zero-order valence-corrected chi connectivity index (χ0v) is 13.1. The summed E-state index contributed by atoms with van der Waals surface area (Å²) < 4.78 is 2.96. The molecule has 2 N–H and O–H groups in total. The maximum absolute atomic E-state index is 6.29. The summed E-state index contributed by atoms with van der Waals surface area (Å²) in [6.45, 7) is 4.19. The number of aromatic nitrogens is 2. The van der Waals surface area contributed by atoms with Gasteiger partial charge in [-0.15, -0.1) is 0 Å². The van der Waals surface area contributed by atoms with Crippen LogP contribution in [0, 0.1) is 6.92 Å². The van der Waals surface area contributed by atoms with Crippen molar-refractivity contribution in [1.82, 2.24) is 9.38 Å². The first-order valence-corrected chi connectivity index (χ1v) is 7.43. The van der Waals surface area contributed by atoms with E-state index in [1.165, 1.54) is 5.56 Å². The van der Waals surface area contributed by atoms with Crippen LogP contribution in [0.3, 0.4) is 0 Å². The highest BCUT2D eigenvalue weighted by atomic mass is 79.9. The third-order valence-corrected chi connectivity index (χ3v) is 4.42. The molecule has 0 aliphatic rings. The highest BCUT2D eigenvalue weighted by molar-refractivity contribution is 9.10. The Bertz CT molecular complexity index is 790. The van der Waals surface area contributed by atoms with E-state index in [0.29, 0.717) is 5.82 Å². The minimum atomic E-state index is 0.682. The molecule has 2 aromatic heterocycles. The van der Waals surface area contributed by atoms with Gasteiger partial charge in [0, 0.05) is 16.2 Å². The summed E-state index contributed by atoms with van der Waals surface area (Å²) in [5, 5.41) is 0. The van der Waals surface area contributed by atoms with Crippen molar-refractivity contribution in [2.75, 3.05) is 5.73 Å². The van der Waals surface area contributed by atoms with Gasteiger partial charge in [0.05, 0.1) is 0 Å². The molecule has 20 heavy (non-hydrogen) atoms. The molecule has 0 fully saturated rings. The lowest BCUT2D eigenvalue weighted by Gasteiger charge is -2.05. The first kappa shape index (κ1) is 13.2. The molecule has 3 rings (SSSR count). The second-order valence-corrected chi connectivity index (χ2v) is 5.74. The lowest BCUT2D eigenvalue weighted by molar-refractivity contribution is 1.14. The van der Waals surface area contributed by atoms with Crippen LogP contribution < -0.4 is 5.73 Å². The molecule has 0 atom stereocenters. The highest BCUT2D eigenvalue weighted by Gasteiger charge is 2.14. The zero-order valence-electron chi connectivity index (χ0n) is 11.5. The Labute approximate surface area is 126 Å². The number of halogens is 1. The van der Waals surface area contributed by atoms with Crippen LogP contribution in [0.1, 0.15) is 18.1 Å². The summed E-state index contributed by atoms with van der Waals surface area (Å²) in [6.07, 6.45) is 2.94. The summed E-state index contributed by atoms with van der Waals surface area (Å²) in [7, 11) is 0. The average Bonchev–Trinajstić information content (AvgIpc) is 2.76. The molecule has 3 aromatic rings. The molecular formula is C16H16BrN3. The monoisotopic (exact) mass is 329 g/mol. The molecule has 0 saturated heterocycles. The van der Waals surface area contributed by atoms with E-state index in [-0.39, 0.29) is 0 Å². The predicted octanol–water partition coefficient (Wildman–Crippen LogP) is 4.22. The minimum Gasteiger partial charge on any atom is -0.383 e. The molecular weight excluding hydrogens is 314 g/mol. The number of nitrogens with zero attached hydrogens (tertiary/aromatic N) is 2. The number of hydrogen-bond acceptors (Lipinski definition) is 2. The molecule has 0 spiro atoms. The molecule has 1 aromatic carbocycles. The van der Waals surface area contributed by atoms with Crippen LogP contribution >= 0.6 is 15.9 Å². The van der Waals surface area contributed by atoms with Gasteiger partial charge in [0.25, 0.3) is 0 Å². The van der Waals surface area contributed by atoms with Crippen molar-refractivity contribution in [2.24, 2.45) is 0 Å². The van der Waals surface area contributed by atoms with Crippen molar-refractivity contribution < 1.29 is 0 Å². The molecule has 102 valence electrons. The van der Waals surface area contributed by atoms with E-state index in [9.17, 15) is 0 Å². The third-order valence-electron chi connectivity index (χ3n) is 3.59. The molecule has 3 nitrogen and oxygen atoms in total. The summed E-state index contributed by atoms with van der Waals surface area (Å²) in [4.78, 5) is 4.71. The number of anilines is 1. The van der Waals surface area contributed by atoms with Crippen molar-refractivity contribution in [3.63, 3.8) is 0 Å². The van der Waals surface area contributed by atoms with Gasteiger partial charge in [-0.2, -0.15) is 0 Å². The van der Waals surface area contributed by atoms with Gasteiger partial charge >= 0.3 is 0 Å². The van der Waals surface area contributed by atoms with Gasteiger partial charge in [0.1, 0.15) is 17.2 Å². The first-order chi connectivity index (χ1) is 9.61. The van der Waals surface area contributed by atoms with E-state index >= 15 is 0 Å². The SMILES string of the molecule is CCc1ccccc1-c1nc2cc(C)c(Br)cn2c1N. The van der Waals surface area contributed by atoms with Crippen molar-refractivity contribution in [3.05, 3.63) is 52.1 Å². The van der Waals surface area contributed by atoms with Gasteiger partial charge < -0.3 is 5.73 Å². The lowest BCUT2D eigenvalue weighted by atomic mass is 10.0. The van der Waals surface area contributed by atoms with Crippen LogP contribution in [0.15, 0.2) is 41.0 Å². The molecule has 4 heteroatoms. The van der Waals surface area contributed by atoms with E-state index in [4.69, 9.17) is 10.7 Å². The van der Waals surface area contributed by atoms with Gasteiger partial charge in [0.15, 0.2) is 0 Å².